The Bertz CT molecular complexity index is 1050. The van der Waals surface area contributed by atoms with Gasteiger partial charge in [-0.3, -0.25) is 0 Å². The fourth-order valence-electron chi connectivity index (χ4n) is 3.35. The van der Waals surface area contributed by atoms with E-state index in [1.54, 1.807) is 4.31 Å². The molecule has 0 atom stereocenters. The van der Waals surface area contributed by atoms with Crippen molar-refractivity contribution in [3.05, 3.63) is 11.3 Å². The van der Waals surface area contributed by atoms with Crippen molar-refractivity contribution in [1.29, 1.82) is 0 Å². The summed E-state index contributed by atoms with van der Waals surface area (Å²) < 4.78 is 88.8. The average Bonchev–Trinajstić information content (AvgIpc) is 3.18. The van der Waals surface area contributed by atoms with Crippen molar-refractivity contribution in [3.8, 4) is 0 Å². The van der Waals surface area contributed by atoms with E-state index in [1.807, 2.05) is 0 Å². The number of alkyl halides is 6. The number of hydrogen-bond acceptors (Lipinski definition) is 8. The summed E-state index contributed by atoms with van der Waals surface area (Å²) in [7, 11) is -3.17. The predicted molar refractivity (Wildman–Crippen MR) is 123 cm³/mol. The highest BCUT2D eigenvalue weighted by atomic mass is 32.2. The lowest BCUT2D eigenvalue weighted by Crippen LogP contribution is -2.32. The van der Waals surface area contributed by atoms with Gasteiger partial charge in [0.25, 0.3) is 0 Å². The Morgan fingerprint density at radius 3 is 1.74 bits per heavy atom. The van der Waals surface area contributed by atoms with Crippen molar-refractivity contribution < 1.29 is 54.6 Å². The zero-order chi connectivity index (χ0) is 29.5. The lowest BCUT2D eigenvalue weighted by Gasteiger charge is -2.21. The Morgan fingerprint density at radius 1 is 0.895 bits per heavy atom. The summed E-state index contributed by atoms with van der Waals surface area (Å²) in [6.07, 6.45) is -5.25. The largest absolute Gasteiger partial charge is 0.490 e. The van der Waals surface area contributed by atoms with E-state index in [0.29, 0.717) is 25.9 Å². The Hall–Kier alpha value is -2.89. The summed E-state index contributed by atoms with van der Waals surface area (Å²) >= 11 is 0. The molecule has 0 bridgehead atoms. The normalized spacial score (nSPS) is 16.4. The number of rotatable bonds is 4. The maximum atomic E-state index is 11.9. The first-order valence-corrected chi connectivity index (χ1v) is 13.0. The molecule has 1 aromatic rings. The molecule has 0 unspecified atom stereocenters. The Balaban J connectivity index is 0.000000426. The van der Waals surface area contributed by atoms with Crippen LogP contribution >= 0.6 is 0 Å². The van der Waals surface area contributed by atoms with Gasteiger partial charge in [-0.05, 0) is 33.1 Å². The predicted octanol–water partition coefficient (Wildman–Crippen LogP) is 2.52. The number of aromatic nitrogens is 2. The molecule has 3 N–H and O–H groups in total. The van der Waals surface area contributed by atoms with E-state index in [4.69, 9.17) is 29.8 Å². The zero-order valence-corrected chi connectivity index (χ0v) is 21.5. The third kappa shape index (κ3) is 10.8. The molecule has 0 saturated carbocycles. The molecule has 0 aliphatic carbocycles. The highest BCUT2D eigenvalue weighted by Gasteiger charge is 2.39. The summed E-state index contributed by atoms with van der Waals surface area (Å²) in [4.78, 5) is 29.6. The number of halogens is 6. The van der Waals surface area contributed by atoms with Crippen LogP contribution < -0.4 is 10.2 Å². The standard InChI is InChI=1S/C16H27N5O2S.2C2HF3O2/c1-12(2)17-15-13-6-10-21(24(3,22)23)11-7-14(13)18-16(19-15)20-8-4-5-9-20;2*3-2(4,5)1(6)7/h12H,4-11H2,1-3H3,(H,17,18,19);2*(H,6,7). The van der Waals surface area contributed by atoms with Crippen molar-refractivity contribution in [2.75, 3.05) is 42.7 Å². The number of sulfonamides is 1. The number of fused-ring (bicyclic) bond motifs is 1. The smallest absolute Gasteiger partial charge is 0.475 e. The van der Waals surface area contributed by atoms with Gasteiger partial charge in [-0.15, -0.1) is 0 Å². The molecule has 1 fully saturated rings. The molecule has 2 aliphatic rings. The molecule has 0 aromatic carbocycles. The van der Waals surface area contributed by atoms with Gasteiger partial charge in [0.2, 0.25) is 16.0 Å². The minimum atomic E-state index is -5.08. The van der Waals surface area contributed by atoms with Gasteiger partial charge >= 0.3 is 24.3 Å². The van der Waals surface area contributed by atoms with Gasteiger partial charge in [-0.1, -0.05) is 0 Å². The van der Waals surface area contributed by atoms with Crippen LogP contribution in [0.2, 0.25) is 0 Å². The first-order valence-electron chi connectivity index (χ1n) is 11.2. The number of hydrogen-bond donors (Lipinski definition) is 3. The van der Waals surface area contributed by atoms with Crippen LogP contribution in [0.15, 0.2) is 0 Å². The number of carboxylic acid groups (broad SMARTS) is 2. The van der Waals surface area contributed by atoms with Gasteiger partial charge in [-0.2, -0.15) is 31.3 Å². The lowest BCUT2D eigenvalue weighted by molar-refractivity contribution is -0.193. The summed E-state index contributed by atoms with van der Waals surface area (Å²) in [6, 6.07) is 0.268. The van der Waals surface area contributed by atoms with Crippen molar-refractivity contribution in [2.24, 2.45) is 0 Å². The van der Waals surface area contributed by atoms with Crippen LogP contribution in [0.5, 0.6) is 0 Å². The number of nitrogens with one attached hydrogen (secondary N) is 1. The number of carbonyl (C=O) groups is 2. The van der Waals surface area contributed by atoms with Crippen molar-refractivity contribution in [2.45, 2.75) is 57.9 Å². The van der Waals surface area contributed by atoms with Crippen molar-refractivity contribution >= 4 is 33.7 Å². The van der Waals surface area contributed by atoms with Crippen LogP contribution in [-0.4, -0.2) is 95.7 Å². The third-order valence-electron chi connectivity index (χ3n) is 5.06. The number of aliphatic carboxylic acids is 2. The number of anilines is 2. The molecule has 0 spiro atoms. The van der Waals surface area contributed by atoms with E-state index in [9.17, 15) is 34.8 Å². The molecule has 0 amide bonds. The van der Waals surface area contributed by atoms with Gasteiger partial charge in [0.15, 0.2) is 0 Å². The fraction of sp³-hybridized carbons (Fsp3) is 0.700. The lowest BCUT2D eigenvalue weighted by atomic mass is 10.1. The highest BCUT2D eigenvalue weighted by Crippen LogP contribution is 2.27. The molecular formula is C20H29F6N5O6S. The summed E-state index contributed by atoms with van der Waals surface area (Å²) in [5.74, 6) is -3.87. The molecule has 38 heavy (non-hydrogen) atoms. The summed E-state index contributed by atoms with van der Waals surface area (Å²) in [5.41, 5.74) is 2.05. The Kier molecular flexibility index (Phi) is 11.6. The van der Waals surface area contributed by atoms with Crippen LogP contribution in [-0.2, 0) is 32.5 Å². The van der Waals surface area contributed by atoms with Gasteiger partial charge in [0, 0.05) is 44.2 Å². The van der Waals surface area contributed by atoms with Crippen molar-refractivity contribution in [3.63, 3.8) is 0 Å². The first-order chi connectivity index (χ1) is 17.2. The molecular weight excluding hydrogens is 552 g/mol. The monoisotopic (exact) mass is 581 g/mol. The third-order valence-corrected chi connectivity index (χ3v) is 6.36. The maximum absolute atomic E-state index is 11.9. The van der Waals surface area contributed by atoms with Gasteiger partial charge < -0.3 is 20.4 Å². The van der Waals surface area contributed by atoms with E-state index in [-0.39, 0.29) is 6.04 Å². The Morgan fingerprint density at radius 2 is 1.34 bits per heavy atom. The second kappa shape index (κ2) is 13.3. The highest BCUT2D eigenvalue weighted by molar-refractivity contribution is 7.88. The molecule has 0 radical (unpaired) electrons. The fourth-order valence-corrected chi connectivity index (χ4v) is 4.19. The molecule has 3 rings (SSSR count). The first kappa shape index (κ1) is 33.1. The molecule has 11 nitrogen and oxygen atoms in total. The maximum Gasteiger partial charge on any atom is 0.490 e. The molecule has 18 heteroatoms. The van der Waals surface area contributed by atoms with E-state index in [2.05, 4.69) is 24.1 Å². The van der Waals surface area contributed by atoms with Gasteiger partial charge in [0.05, 0.1) is 11.9 Å². The van der Waals surface area contributed by atoms with Gasteiger partial charge in [-0.25, -0.2) is 27.3 Å². The van der Waals surface area contributed by atoms with Crippen LogP contribution in [0.4, 0.5) is 38.1 Å². The second-order valence-corrected chi connectivity index (χ2v) is 10.5. The molecule has 2 aliphatic heterocycles. The minimum Gasteiger partial charge on any atom is -0.475 e. The zero-order valence-electron chi connectivity index (χ0n) is 20.7. The van der Waals surface area contributed by atoms with E-state index >= 15 is 0 Å². The SMILES string of the molecule is CC(C)Nc1nc(N2CCCC2)nc2c1CCN(S(C)(=O)=O)CC2.O=C(O)C(F)(F)F.O=C(O)C(F)(F)F. The van der Waals surface area contributed by atoms with Crippen LogP contribution in [0, 0.1) is 0 Å². The minimum absolute atomic E-state index is 0.268. The van der Waals surface area contributed by atoms with Crippen LogP contribution in [0.25, 0.3) is 0 Å². The van der Waals surface area contributed by atoms with Crippen molar-refractivity contribution in [1.82, 2.24) is 14.3 Å². The molecule has 1 aromatic heterocycles. The Labute approximate surface area is 214 Å². The van der Waals surface area contributed by atoms with Gasteiger partial charge in [0.1, 0.15) is 5.82 Å². The summed E-state index contributed by atoms with van der Waals surface area (Å²) in [6.45, 7) is 7.15. The topological polar surface area (TPSA) is 153 Å². The van der Waals surface area contributed by atoms with E-state index < -0.39 is 34.3 Å². The molecule has 218 valence electrons. The van der Waals surface area contributed by atoms with E-state index in [0.717, 1.165) is 36.1 Å². The summed E-state index contributed by atoms with van der Waals surface area (Å²) in [5, 5.41) is 17.7. The van der Waals surface area contributed by atoms with E-state index in [1.165, 1.54) is 19.1 Å². The quantitative estimate of drug-likeness (QED) is 0.452. The van der Waals surface area contributed by atoms with Crippen LogP contribution in [0.1, 0.15) is 37.9 Å². The molecule has 1 saturated heterocycles. The number of nitrogens with zero attached hydrogens (tertiary/aromatic N) is 4. The average molecular weight is 582 g/mol. The number of carboxylic acids is 2. The molecule has 3 heterocycles. The van der Waals surface area contributed by atoms with Crippen LogP contribution in [0.3, 0.4) is 0 Å². The second-order valence-electron chi connectivity index (χ2n) is 8.56.